The van der Waals surface area contributed by atoms with Crippen molar-refractivity contribution in [3.63, 3.8) is 0 Å². The van der Waals surface area contributed by atoms with E-state index in [0.717, 1.165) is 4.90 Å². The zero-order valence-corrected chi connectivity index (χ0v) is 17.0. The summed E-state index contributed by atoms with van der Waals surface area (Å²) >= 11 is 5.93. The Morgan fingerprint density at radius 3 is 2.13 bits per heavy atom. The molecule has 0 radical (unpaired) electrons. The zero-order chi connectivity index (χ0) is 22.5. The molecule has 1 heterocycles. The first-order valence-corrected chi connectivity index (χ1v) is 9.60. The van der Waals surface area contributed by atoms with E-state index in [0.29, 0.717) is 16.4 Å². The summed E-state index contributed by atoms with van der Waals surface area (Å²) in [5.74, 6) is -2.23. The molecule has 3 aromatic rings. The SMILES string of the molecule is NC(=O)CC(C(N)=O)N(C(=O)c1ccc(-n2ccccc2=O)cc1)c1ccc(Cl)cc1. The van der Waals surface area contributed by atoms with Gasteiger partial charge in [0.05, 0.1) is 6.42 Å². The molecule has 9 heteroatoms. The molecule has 158 valence electrons. The Hall–Kier alpha value is -3.91. The lowest BCUT2D eigenvalue weighted by Gasteiger charge is -2.29. The number of primary amides is 2. The number of benzene rings is 2. The summed E-state index contributed by atoms with van der Waals surface area (Å²) < 4.78 is 1.42. The normalized spacial score (nSPS) is 11.5. The number of aromatic nitrogens is 1. The van der Waals surface area contributed by atoms with Crippen molar-refractivity contribution in [3.05, 3.63) is 93.9 Å². The number of hydrogen-bond donors (Lipinski definition) is 2. The first kappa shape index (κ1) is 21.8. The average molecular weight is 439 g/mol. The molecule has 0 saturated heterocycles. The summed E-state index contributed by atoms with van der Waals surface area (Å²) in [6.07, 6.45) is 1.16. The van der Waals surface area contributed by atoms with Crippen LogP contribution in [0.15, 0.2) is 77.7 Å². The topological polar surface area (TPSA) is 128 Å². The highest BCUT2D eigenvalue weighted by Gasteiger charge is 2.32. The summed E-state index contributed by atoms with van der Waals surface area (Å²) in [7, 11) is 0. The van der Waals surface area contributed by atoms with E-state index in [2.05, 4.69) is 0 Å². The Kier molecular flexibility index (Phi) is 6.52. The quantitative estimate of drug-likeness (QED) is 0.583. The van der Waals surface area contributed by atoms with Gasteiger partial charge in [0.1, 0.15) is 6.04 Å². The fourth-order valence-corrected chi connectivity index (χ4v) is 3.22. The second-order valence-corrected chi connectivity index (χ2v) is 7.13. The summed E-state index contributed by atoms with van der Waals surface area (Å²) in [5.41, 5.74) is 11.6. The number of nitrogens with two attached hydrogens (primary N) is 2. The van der Waals surface area contributed by atoms with Crippen LogP contribution < -0.4 is 21.9 Å². The van der Waals surface area contributed by atoms with Gasteiger partial charge in [0.15, 0.2) is 0 Å². The summed E-state index contributed by atoms with van der Waals surface area (Å²) in [5, 5.41) is 0.430. The van der Waals surface area contributed by atoms with Gasteiger partial charge >= 0.3 is 0 Å². The first-order chi connectivity index (χ1) is 14.8. The van der Waals surface area contributed by atoms with Crippen molar-refractivity contribution in [2.45, 2.75) is 12.5 Å². The van der Waals surface area contributed by atoms with Gasteiger partial charge in [-0.3, -0.25) is 28.6 Å². The monoisotopic (exact) mass is 438 g/mol. The third kappa shape index (κ3) is 4.99. The van der Waals surface area contributed by atoms with Gasteiger partial charge in [0.2, 0.25) is 11.8 Å². The highest BCUT2D eigenvalue weighted by Crippen LogP contribution is 2.24. The smallest absolute Gasteiger partial charge is 0.259 e. The second kappa shape index (κ2) is 9.27. The maximum atomic E-state index is 13.3. The van der Waals surface area contributed by atoms with E-state index in [1.54, 1.807) is 42.6 Å². The molecule has 0 fully saturated rings. The Bertz CT molecular complexity index is 1170. The summed E-state index contributed by atoms with van der Waals surface area (Å²) in [4.78, 5) is 50.1. The van der Waals surface area contributed by atoms with Gasteiger partial charge in [-0.25, -0.2) is 0 Å². The number of nitrogens with zero attached hydrogens (tertiary/aromatic N) is 2. The largest absolute Gasteiger partial charge is 0.370 e. The van der Waals surface area contributed by atoms with Crippen molar-refractivity contribution >= 4 is 35.0 Å². The van der Waals surface area contributed by atoms with E-state index in [1.165, 1.54) is 34.9 Å². The molecular weight excluding hydrogens is 420 g/mol. The number of amides is 3. The molecule has 1 aromatic heterocycles. The first-order valence-electron chi connectivity index (χ1n) is 9.23. The molecule has 1 atom stereocenters. The molecule has 31 heavy (non-hydrogen) atoms. The van der Waals surface area contributed by atoms with Crippen LogP contribution in [-0.2, 0) is 9.59 Å². The molecule has 8 nitrogen and oxygen atoms in total. The van der Waals surface area contributed by atoms with Crippen LogP contribution in [0.4, 0.5) is 5.69 Å². The van der Waals surface area contributed by atoms with Crippen LogP contribution in [0.1, 0.15) is 16.8 Å². The van der Waals surface area contributed by atoms with Gasteiger partial charge in [0.25, 0.3) is 11.5 Å². The minimum atomic E-state index is -1.29. The van der Waals surface area contributed by atoms with Crippen LogP contribution in [0, 0.1) is 0 Å². The third-order valence-corrected chi connectivity index (χ3v) is 4.83. The highest BCUT2D eigenvalue weighted by molar-refractivity contribution is 6.30. The van der Waals surface area contributed by atoms with E-state index in [1.807, 2.05) is 0 Å². The maximum absolute atomic E-state index is 13.3. The lowest BCUT2D eigenvalue weighted by Crippen LogP contribution is -2.50. The van der Waals surface area contributed by atoms with Gasteiger partial charge in [-0.1, -0.05) is 17.7 Å². The van der Waals surface area contributed by atoms with Crippen LogP contribution in [-0.4, -0.2) is 28.3 Å². The molecule has 3 amide bonds. The third-order valence-electron chi connectivity index (χ3n) is 4.57. The highest BCUT2D eigenvalue weighted by atomic mass is 35.5. The van der Waals surface area contributed by atoms with Crippen molar-refractivity contribution in [1.82, 2.24) is 4.57 Å². The van der Waals surface area contributed by atoms with Crippen molar-refractivity contribution < 1.29 is 14.4 Å². The lowest BCUT2D eigenvalue weighted by atomic mass is 10.1. The Labute approximate surface area is 182 Å². The van der Waals surface area contributed by atoms with E-state index in [9.17, 15) is 19.2 Å². The molecule has 0 bridgehead atoms. The number of anilines is 1. The predicted molar refractivity (Wildman–Crippen MR) is 117 cm³/mol. The Morgan fingerprint density at radius 2 is 1.58 bits per heavy atom. The molecule has 1 unspecified atom stereocenters. The number of hydrogen-bond acceptors (Lipinski definition) is 4. The van der Waals surface area contributed by atoms with E-state index < -0.39 is 30.2 Å². The molecule has 0 aliphatic rings. The van der Waals surface area contributed by atoms with Gasteiger partial charge < -0.3 is 11.5 Å². The van der Waals surface area contributed by atoms with Gasteiger partial charge in [0, 0.05) is 34.2 Å². The van der Waals surface area contributed by atoms with Crippen LogP contribution in [0.25, 0.3) is 5.69 Å². The van der Waals surface area contributed by atoms with E-state index in [4.69, 9.17) is 23.1 Å². The summed E-state index contributed by atoms with van der Waals surface area (Å²) in [6.45, 7) is 0. The van der Waals surface area contributed by atoms with Crippen molar-refractivity contribution in [3.8, 4) is 5.69 Å². The lowest BCUT2D eigenvalue weighted by molar-refractivity contribution is -0.124. The number of carbonyl (C=O) groups excluding carboxylic acids is 3. The molecule has 4 N–H and O–H groups in total. The van der Waals surface area contributed by atoms with E-state index >= 15 is 0 Å². The molecule has 0 saturated carbocycles. The molecule has 0 aliphatic carbocycles. The number of rotatable bonds is 7. The van der Waals surface area contributed by atoms with Gasteiger partial charge in [-0.15, -0.1) is 0 Å². The van der Waals surface area contributed by atoms with E-state index in [-0.39, 0.29) is 11.1 Å². The van der Waals surface area contributed by atoms with Crippen molar-refractivity contribution in [2.75, 3.05) is 4.90 Å². The fraction of sp³-hybridized carbons (Fsp3) is 0.0909. The molecule has 0 aliphatic heterocycles. The number of carbonyl (C=O) groups is 3. The second-order valence-electron chi connectivity index (χ2n) is 6.70. The predicted octanol–water partition coefficient (Wildman–Crippen LogP) is 1.87. The summed E-state index contributed by atoms with van der Waals surface area (Å²) in [6, 6.07) is 15.9. The fourth-order valence-electron chi connectivity index (χ4n) is 3.09. The molecular formula is C22H19ClN4O4. The van der Waals surface area contributed by atoms with Crippen LogP contribution in [0.5, 0.6) is 0 Å². The van der Waals surface area contributed by atoms with Gasteiger partial charge in [-0.05, 0) is 54.6 Å². The average Bonchev–Trinajstić information content (AvgIpc) is 2.74. The Balaban J connectivity index is 2.02. The Morgan fingerprint density at radius 1 is 0.935 bits per heavy atom. The number of pyridine rings is 1. The minimum Gasteiger partial charge on any atom is -0.370 e. The standard InChI is InChI=1S/C22H19ClN4O4/c23-15-6-10-17(11-7-15)27(18(21(25)30)13-19(24)28)22(31)14-4-8-16(9-5-14)26-12-2-1-3-20(26)29/h1-12,18H,13H2,(H2,24,28)(H2,25,30). The van der Waals surface area contributed by atoms with Crippen molar-refractivity contribution in [2.24, 2.45) is 11.5 Å². The van der Waals surface area contributed by atoms with Crippen molar-refractivity contribution in [1.29, 1.82) is 0 Å². The number of halogens is 1. The molecule has 0 spiro atoms. The van der Waals surface area contributed by atoms with Crippen LogP contribution in [0.3, 0.4) is 0 Å². The van der Waals surface area contributed by atoms with Gasteiger partial charge in [-0.2, -0.15) is 0 Å². The molecule has 2 aromatic carbocycles. The maximum Gasteiger partial charge on any atom is 0.259 e. The molecule has 3 rings (SSSR count). The van der Waals surface area contributed by atoms with Crippen LogP contribution in [0.2, 0.25) is 5.02 Å². The zero-order valence-electron chi connectivity index (χ0n) is 16.3. The van der Waals surface area contributed by atoms with Crippen LogP contribution >= 0.6 is 11.6 Å². The minimum absolute atomic E-state index is 0.221.